The van der Waals surface area contributed by atoms with Crippen molar-refractivity contribution in [2.24, 2.45) is 0 Å². The highest BCUT2D eigenvalue weighted by Gasteiger charge is 2.38. The largest absolute Gasteiger partial charge is 0.386 e. The fourth-order valence-corrected chi connectivity index (χ4v) is 4.55. The second kappa shape index (κ2) is 5.01. The number of hydrogen-bond acceptors (Lipinski definition) is 5. The van der Waals surface area contributed by atoms with Gasteiger partial charge in [-0.05, 0) is 23.6 Å². The summed E-state index contributed by atoms with van der Waals surface area (Å²) in [5.74, 6) is -1.76. The van der Waals surface area contributed by atoms with E-state index in [-0.39, 0.29) is 20.9 Å². The molecular formula is C18H10O5S. The zero-order valence-corrected chi connectivity index (χ0v) is 13.0. The summed E-state index contributed by atoms with van der Waals surface area (Å²) in [5.41, 5.74) is -0.212. The van der Waals surface area contributed by atoms with Crippen LogP contribution in [0.2, 0.25) is 0 Å². The van der Waals surface area contributed by atoms with Crippen molar-refractivity contribution in [1.29, 1.82) is 0 Å². The zero-order valence-electron chi connectivity index (χ0n) is 12.2. The van der Waals surface area contributed by atoms with Crippen LogP contribution in [0, 0.1) is 0 Å². The SMILES string of the molecule is O=C1OC(=O)c2c1cc1ccccc1c2S(=O)(=O)c1ccccc1. The molecule has 0 fully saturated rings. The van der Waals surface area contributed by atoms with Crippen molar-refractivity contribution in [3.63, 3.8) is 0 Å². The summed E-state index contributed by atoms with van der Waals surface area (Å²) in [6, 6.07) is 16.0. The summed E-state index contributed by atoms with van der Waals surface area (Å²) in [6.45, 7) is 0. The van der Waals surface area contributed by atoms with E-state index in [1.807, 2.05) is 0 Å². The van der Waals surface area contributed by atoms with Gasteiger partial charge < -0.3 is 4.74 Å². The predicted octanol–water partition coefficient (Wildman–Crippen LogP) is 2.98. The average Bonchev–Trinajstić information content (AvgIpc) is 2.87. The third-order valence-corrected chi connectivity index (χ3v) is 5.79. The van der Waals surface area contributed by atoms with E-state index in [4.69, 9.17) is 0 Å². The predicted molar refractivity (Wildman–Crippen MR) is 85.6 cm³/mol. The van der Waals surface area contributed by atoms with Crippen molar-refractivity contribution < 1.29 is 22.7 Å². The minimum atomic E-state index is -4.00. The molecule has 24 heavy (non-hydrogen) atoms. The Morgan fingerprint density at radius 1 is 0.792 bits per heavy atom. The van der Waals surface area contributed by atoms with Crippen LogP contribution >= 0.6 is 0 Å². The van der Waals surface area contributed by atoms with E-state index in [1.54, 1.807) is 42.5 Å². The molecule has 118 valence electrons. The molecule has 0 amide bonds. The van der Waals surface area contributed by atoms with Crippen molar-refractivity contribution in [3.8, 4) is 0 Å². The van der Waals surface area contributed by atoms with E-state index in [9.17, 15) is 18.0 Å². The lowest BCUT2D eigenvalue weighted by atomic mass is 10.0. The molecule has 3 aromatic carbocycles. The van der Waals surface area contributed by atoms with Crippen LogP contribution in [0.25, 0.3) is 10.8 Å². The maximum Gasteiger partial charge on any atom is 0.348 e. The number of fused-ring (bicyclic) bond motifs is 2. The quantitative estimate of drug-likeness (QED) is 0.530. The Morgan fingerprint density at radius 3 is 2.21 bits per heavy atom. The molecule has 0 saturated heterocycles. The Morgan fingerprint density at radius 2 is 1.46 bits per heavy atom. The number of sulfone groups is 1. The van der Waals surface area contributed by atoms with Gasteiger partial charge in [0, 0.05) is 5.39 Å². The van der Waals surface area contributed by atoms with Gasteiger partial charge in [0.2, 0.25) is 9.84 Å². The van der Waals surface area contributed by atoms with Crippen LogP contribution in [0.5, 0.6) is 0 Å². The monoisotopic (exact) mass is 338 g/mol. The lowest BCUT2D eigenvalue weighted by Gasteiger charge is -2.11. The molecule has 0 aromatic heterocycles. The molecular weight excluding hydrogens is 328 g/mol. The van der Waals surface area contributed by atoms with Crippen LogP contribution < -0.4 is 0 Å². The highest BCUT2D eigenvalue weighted by molar-refractivity contribution is 7.91. The van der Waals surface area contributed by atoms with Crippen molar-refractivity contribution >= 4 is 32.5 Å². The Balaban J connectivity index is 2.18. The number of carbonyl (C=O) groups excluding carboxylic acids is 2. The molecule has 3 aromatic rings. The summed E-state index contributed by atoms with van der Waals surface area (Å²) >= 11 is 0. The van der Waals surface area contributed by atoms with Crippen LogP contribution in [0.1, 0.15) is 20.7 Å². The van der Waals surface area contributed by atoms with Gasteiger partial charge in [0.15, 0.2) is 0 Å². The lowest BCUT2D eigenvalue weighted by Crippen LogP contribution is -2.09. The number of carbonyl (C=O) groups is 2. The smallest absolute Gasteiger partial charge is 0.348 e. The Kier molecular flexibility index (Phi) is 3.04. The first-order valence-corrected chi connectivity index (χ1v) is 8.61. The number of hydrogen-bond donors (Lipinski definition) is 0. The van der Waals surface area contributed by atoms with E-state index in [0.29, 0.717) is 10.8 Å². The van der Waals surface area contributed by atoms with Crippen LogP contribution in [0.4, 0.5) is 0 Å². The molecule has 0 saturated carbocycles. The lowest BCUT2D eigenvalue weighted by molar-refractivity contribution is 0.0442. The molecule has 0 bridgehead atoms. The molecule has 0 spiro atoms. The molecule has 0 atom stereocenters. The van der Waals surface area contributed by atoms with Gasteiger partial charge in [-0.25, -0.2) is 18.0 Å². The van der Waals surface area contributed by atoms with E-state index in [1.165, 1.54) is 18.2 Å². The minimum Gasteiger partial charge on any atom is -0.386 e. The second-order valence-corrected chi connectivity index (χ2v) is 7.23. The normalized spacial score (nSPS) is 13.8. The van der Waals surface area contributed by atoms with Crippen LogP contribution in [-0.2, 0) is 14.6 Å². The summed E-state index contributed by atoms with van der Waals surface area (Å²) in [5, 5.41) is 0.934. The molecule has 4 rings (SSSR count). The van der Waals surface area contributed by atoms with Crippen molar-refractivity contribution in [1.82, 2.24) is 0 Å². The molecule has 1 heterocycles. The summed E-state index contributed by atoms with van der Waals surface area (Å²) in [7, 11) is -4.00. The van der Waals surface area contributed by atoms with Gasteiger partial charge in [0.1, 0.15) is 0 Å². The molecule has 6 heteroatoms. The first-order valence-electron chi connectivity index (χ1n) is 7.12. The standard InChI is InChI=1S/C18H10O5S/c19-17-14-10-11-6-4-5-9-13(11)16(15(14)18(20)23-17)24(21,22)12-7-2-1-3-8-12/h1-10H. The van der Waals surface area contributed by atoms with Crippen molar-refractivity contribution in [2.45, 2.75) is 9.79 Å². The van der Waals surface area contributed by atoms with E-state index in [0.717, 1.165) is 0 Å². The van der Waals surface area contributed by atoms with Crippen LogP contribution in [-0.4, -0.2) is 20.4 Å². The molecule has 5 nitrogen and oxygen atoms in total. The first kappa shape index (κ1) is 14.6. The highest BCUT2D eigenvalue weighted by Crippen LogP contribution is 2.37. The average molecular weight is 338 g/mol. The van der Waals surface area contributed by atoms with E-state index < -0.39 is 21.8 Å². The van der Waals surface area contributed by atoms with Gasteiger partial charge in [-0.3, -0.25) is 0 Å². The van der Waals surface area contributed by atoms with Gasteiger partial charge in [0.05, 0.1) is 20.9 Å². The van der Waals surface area contributed by atoms with E-state index in [2.05, 4.69) is 4.74 Å². The van der Waals surface area contributed by atoms with Crippen molar-refractivity contribution in [2.75, 3.05) is 0 Å². The van der Waals surface area contributed by atoms with Gasteiger partial charge in [-0.15, -0.1) is 0 Å². The van der Waals surface area contributed by atoms with Crippen LogP contribution in [0.3, 0.4) is 0 Å². The maximum atomic E-state index is 13.1. The van der Waals surface area contributed by atoms with E-state index >= 15 is 0 Å². The number of benzene rings is 3. The fourth-order valence-electron chi connectivity index (χ4n) is 2.86. The Labute approximate surface area is 137 Å². The molecule has 1 aliphatic heterocycles. The third kappa shape index (κ3) is 1.97. The van der Waals surface area contributed by atoms with Crippen LogP contribution in [0.15, 0.2) is 70.5 Å². The molecule has 0 aliphatic carbocycles. The van der Waals surface area contributed by atoms with Crippen molar-refractivity contribution in [3.05, 3.63) is 71.8 Å². The molecule has 0 N–H and O–H groups in total. The molecule has 1 aliphatic rings. The number of ether oxygens (including phenoxy) is 1. The number of esters is 2. The summed E-state index contributed by atoms with van der Waals surface area (Å²) in [4.78, 5) is 23.9. The summed E-state index contributed by atoms with van der Waals surface area (Å²) < 4.78 is 30.9. The first-order chi connectivity index (χ1) is 11.5. The molecule has 0 unspecified atom stereocenters. The highest BCUT2D eigenvalue weighted by atomic mass is 32.2. The fraction of sp³-hybridized carbons (Fsp3) is 0. The minimum absolute atomic E-state index is 0.0202. The summed E-state index contributed by atoms with van der Waals surface area (Å²) in [6.07, 6.45) is 0. The molecule has 0 radical (unpaired) electrons. The Bertz CT molecular complexity index is 1110. The Hall–Kier alpha value is -2.99. The van der Waals surface area contributed by atoms with Gasteiger partial charge in [-0.2, -0.15) is 0 Å². The number of cyclic esters (lactones) is 2. The van der Waals surface area contributed by atoms with Gasteiger partial charge in [-0.1, -0.05) is 42.5 Å². The number of rotatable bonds is 2. The zero-order chi connectivity index (χ0) is 16.9. The topological polar surface area (TPSA) is 77.5 Å². The third-order valence-electron chi connectivity index (χ3n) is 3.93. The second-order valence-electron chi connectivity index (χ2n) is 5.34. The maximum absolute atomic E-state index is 13.1. The van der Waals surface area contributed by atoms with Gasteiger partial charge >= 0.3 is 11.9 Å². The van der Waals surface area contributed by atoms with Gasteiger partial charge in [0.25, 0.3) is 0 Å².